The summed E-state index contributed by atoms with van der Waals surface area (Å²) in [6, 6.07) is 5.98. The summed E-state index contributed by atoms with van der Waals surface area (Å²) >= 11 is 6.64. The smallest absolute Gasteiger partial charge is 0.433 e. The number of carbonyl (C=O) groups is 1. The number of carbonyl (C=O) groups excluding carboxylic acids is 1. The van der Waals surface area contributed by atoms with Crippen LogP contribution in [0.4, 0.5) is 5.88 Å². The second-order valence-corrected chi connectivity index (χ2v) is 6.20. The van der Waals surface area contributed by atoms with Crippen molar-refractivity contribution in [3.63, 3.8) is 0 Å². The standard InChI is InChI=1S/C14H11Br2N3O6/c1-23-11-5-8(15)4-10(16)14(11)24-7-12(20)18-17-6-9-2-3-13(25-9)19(21)22/h2-6H,7H2,1H3,(H,18,20)/b17-6+. The van der Waals surface area contributed by atoms with Crippen LogP contribution in [0.3, 0.4) is 0 Å². The van der Waals surface area contributed by atoms with Crippen molar-refractivity contribution in [3.05, 3.63) is 49.1 Å². The summed E-state index contributed by atoms with van der Waals surface area (Å²) in [6.07, 6.45) is 1.14. The third-order valence-electron chi connectivity index (χ3n) is 2.72. The lowest BCUT2D eigenvalue weighted by Crippen LogP contribution is -2.24. The maximum Gasteiger partial charge on any atom is 0.433 e. The molecule has 0 spiro atoms. The van der Waals surface area contributed by atoms with E-state index in [4.69, 9.17) is 13.9 Å². The number of amides is 1. The van der Waals surface area contributed by atoms with E-state index in [1.165, 1.54) is 19.2 Å². The molecule has 0 atom stereocenters. The van der Waals surface area contributed by atoms with Crippen LogP contribution < -0.4 is 14.9 Å². The van der Waals surface area contributed by atoms with E-state index in [9.17, 15) is 14.9 Å². The Morgan fingerprint density at radius 2 is 2.20 bits per heavy atom. The molecular formula is C14H11Br2N3O6. The second-order valence-electron chi connectivity index (χ2n) is 4.43. The highest BCUT2D eigenvalue weighted by Gasteiger charge is 2.13. The summed E-state index contributed by atoms with van der Waals surface area (Å²) in [4.78, 5) is 21.6. The van der Waals surface area contributed by atoms with Crippen LogP contribution in [-0.4, -0.2) is 30.8 Å². The normalized spacial score (nSPS) is 10.7. The average Bonchev–Trinajstić information content (AvgIpc) is 3.02. The Kier molecular flexibility index (Phi) is 6.53. The summed E-state index contributed by atoms with van der Waals surface area (Å²) < 4.78 is 16.9. The molecular weight excluding hydrogens is 466 g/mol. The molecule has 11 heteroatoms. The van der Waals surface area contributed by atoms with Gasteiger partial charge in [-0.3, -0.25) is 14.9 Å². The van der Waals surface area contributed by atoms with Crippen LogP contribution in [0.5, 0.6) is 11.5 Å². The van der Waals surface area contributed by atoms with Crippen molar-refractivity contribution in [3.8, 4) is 11.5 Å². The molecule has 1 amide bonds. The molecule has 0 saturated heterocycles. The minimum atomic E-state index is -0.673. The van der Waals surface area contributed by atoms with Crippen molar-refractivity contribution in [1.29, 1.82) is 0 Å². The van der Waals surface area contributed by atoms with Gasteiger partial charge in [0.15, 0.2) is 23.9 Å². The molecule has 2 aromatic rings. The Morgan fingerprint density at radius 1 is 1.44 bits per heavy atom. The minimum Gasteiger partial charge on any atom is -0.493 e. The Balaban J connectivity index is 1.90. The van der Waals surface area contributed by atoms with E-state index in [-0.39, 0.29) is 12.4 Å². The number of rotatable bonds is 7. The molecule has 0 fully saturated rings. The van der Waals surface area contributed by atoms with E-state index in [2.05, 4.69) is 42.4 Å². The first-order chi connectivity index (χ1) is 11.9. The Bertz CT molecular complexity index is 821. The van der Waals surface area contributed by atoms with E-state index in [0.29, 0.717) is 16.0 Å². The average molecular weight is 477 g/mol. The van der Waals surface area contributed by atoms with Crippen molar-refractivity contribution in [1.82, 2.24) is 5.43 Å². The number of ether oxygens (including phenoxy) is 2. The first kappa shape index (κ1) is 18.9. The van der Waals surface area contributed by atoms with Crippen molar-refractivity contribution in [2.75, 3.05) is 13.7 Å². The van der Waals surface area contributed by atoms with Crippen LogP contribution in [0, 0.1) is 10.1 Å². The molecule has 0 radical (unpaired) electrons. The lowest BCUT2D eigenvalue weighted by Gasteiger charge is -2.12. The van der Waals surface area contributed by atoms with Crippen molar-refractivity contribution in [2.24, 2.45) is 5.10 Å². The van der Waals surface area contributed by atoms with Crippen LogP contribution in [-0.2, 0) is 4.79 Å². The molecule has 1 aromatic heterocycles. The summed E-state index contributed by atoms with van der Waals surface area (Å²) in [5.41, 5.74) is 2.22. The molecule has 0 aliphatic heterocycles. The van der Waals surface area contributed by atoms with Gasteiger partial charge in [0.25, 0.3) is 5.91 Å². The van der Waals surface area contributed by atoms with Gasteiger partial charge < -0.3 is 13.9 Å². The monoisotopic (exact) mass is 475 g/mol. The van der Waals surface area contributed by atoms with Gasteiger partial charge in [-0.1, -0.05) is 15.9 Å². The van der Waals surface area contributed by atoms with Gasteiger partial charge in [-0.05, 0) is 34.1 Å². The molecule has 2 rings (SSSR count). The number of methoxy groups -OCH3 is 1. The zero-order valence-electron chi connectivity index (χ0n) is 12.7. The Morgan fingerprint density at radius 3 is 2.84 bits per heavy atom. The fourth-order valence-electron chi connectivity index (χ4n) is 1.68. The number of nitrogens with zero attached hydrogens (tertiary/aromatic N) is 2. The summed E-state index contributed by atoms with van der Waals surface area (Å²) in [7, 11) is 1.48. The van der Waals surface area contributed by atoms with Gasteiger partial charge in [0.2, 0.25) is 0 Å². The van der Waals surface area contributed by atoms with Gasteiger partial charge in [-0.15, -0.1) is 0 Å². The highest BCUT2D eigenvalue weighted by atomic mass is 79.9. The fraction of sp³-hybridized carbons (Fsp3) is 0.143. The summed E-state index contributed by atoms with van der Waals surface area (Å²) in [5.74, 6) is -0.00496. The first-order valence-electron chi connectivity index (χ1n) is 6.62. The van der Waals surface area contributed by atoms with Gasteiger partial charge >= 0.3 is 5.88 Å². The van der Waals surface area contributed by atoms with E-state index in [1.54, 1.807) is 12.1 Å². The van der Waals surface area contributed by atoms with Gasteiger partial charge in [0, 0.05) is 4.47 Å². The summed E-state index contributed by atoms with van der Waals surface area (Å²) in [5, 5.41) is 14.1. The molecule has 1 N–H and O–H groups in total. The minimum absolute atomic E-state index is 0.130. The number of hydrazone groups is 1. The number of furan rings is 1. The van der Waals surface area contributed by atoms with Crippen molar-refractivity contribution in [2.45, 2.75) is 0 Å². The van der Waals surface area contributed by atoms with Gasteiger partial charge in [-0.25, -0.2) is 5.43 Å². The SMILES string of the molecule is COc1cc(Br)cc(Br)c1OCC(=O)N/N=C/c1ccc([N+](=O)[O-])o1. The predicted molar refractivity (Wildman–Crippen MR) is 95.0 cm³/mol. The molecule has 25 heavy (non-hydrogen) atoms. The number of nitro groups is 1. The Labute approximate surface area is 158 Å². The largest absolute Gasteiger partial charge is 0.493 e. The fourth-order valence-corrected chi connectivity index (χ4v) is 2.98. The van der Waals surface area contributed by atoms with Crippen molar-refractivity contribution >= 4 is 49.9 Å². The van der Waals surface area contributed by atoms with Gasteiger partial charge in [0.05, 0.1) is 23.9 Å². The zero-order chi connectivity index (χ0) is 18.4. The quantitative estimate of drug-likeness (QED) is 0.372. The number of hydrogen-bond acceptors (Lipinski definition) is 7. The third kappa shape index (κ3) is 5.29. The first-order valence-corrected chi connectivity index (χ1v) is 8.21. The zero-order valence-corrected chi connectivity index (χ0v) is 15.9. The highest BCUT2D eigenvalue weighted by Crippen LogP contribution is 2.38. The molecule has 0 aliphatic rings. The highest BCUT2D eigenvalue weighted by molar-refractivity contribution is 9.11. The van der Waals surface area contributed by atoms with E-state index < -0.39 is 16.7 Å². The van der Waals surface area contributed by atoms with Crippen LogP contribution in [0.25, 0.3) is 0 Å². The molecule has 132 valence electrons. The number of halogens is 2. The number of hydrogen-bond donors (Lipinski definition) is 1. The molecule has 0 saturated carbocycles. The van der Waals surface area contributed by atoms with E-state index in [1.807, 2.05) is 0 Å². The Hall–Kier alpha value is -2.40. The topological polar surface area (TPSA) is 116 Å². The van der Waals surface area contributed by atoms with E-state index >= 15 is 0 Å². The van der Waals surface area contributed by atoms with Crippen molar-refractivity contribution < 1.29 is 23.6 Å². The van der Waals surface area contributed by atoms with Crippen LogP contribution >= 0.6 is 31.9 Å². The third-order valence-corrected chi connectivity index (χ3v) is 3.76. The molecule has 0 unspecified atom stereocenters. The number of nitrogens with one attached hydrogen (secondary N) is 1. The molecule has 9 nitrogen and oxygen atoms in total. The van der Waals surface area contributed by atoms with Crippen LogP contribution in [0.1, 0.15) is 5.76 Å². The van der Waals surface area contributed by atoms with Crippen LogP contribution in [0.15, 0.2) is 42.7 Å². The second kappa shape index (κ2) is 8.62. The molecule has 1 heterocycles. The maximum atomic E-state index is 11.7. The predicted octanol–water partition coefficient (Wildman–Crippen LogP) is 3.25. The molecule has 0 aliphatic carbocycles. The van der Waals surface area contributed by atoms with E-state index in [0.717, 1.165) is 10.7 Å². The lowest BCUT2D eigenvalue weighted by molar-refractivity contribution is -0.402. The number of benzene rings is 1. The lowest BCUT2D eigenvalue weighted by atomic mass is 10.3. The van der Waals surface area contributed by atoms with Gasteiger partial charge in [0.1, 0.15) is 4.92 Å². The maximum absolute atomic E-state index is 11.7. The molecule has 1 aromatic carbocycles. The van der Waals surface area contributed by atoms with Gasteiger partial charge in [-0.2, -0.15) is 5.10 Å². The summed E-state index contributed by atoms with van der Waals surface area (Å²) in [6.45, 7) is -0.313. The molecule has 0 bridgehead atoms. The van der Waals surface area contributed by atoms with Crippen LogP contribution in [0.2, 0.25) is 0 Å².